The molecule has 3 atom stereocenters. The second-order valence-corrected chi connectivity index (χ2v) is 16.2. The molecule has 1 fully saturated rings. The fourth-order valence-corrected chi connectivity index (χ4v) is 6.83. The Bertz CT molecular complexity index is 1750. The van der Waals surface area contributed by atoms with Crippen molar-refractivity contribution in [3.63, 3.8) is 0 Å². The van der Waals surface area contributed by atoms with Gasteiger partial charge in [-0.25, -0.2) is 19.4 Å². The molecule has 1 aromatic heterocycles. The maximum Gasteiger partial charge on any atom is 0.413 e. The average molecular weight is 780 g/mol. The van der Waals surface area contributed by atoms with Crippen LogP contribution in [0, 0.1) is 0 Å². The molecule has 52 heavy (non-hydrogen) atoms. The normalized spacial score (nSPS) is 19.0. The van der Waals surface area contributed by atoms with E-state index in [1.165, 1.54) is 35.9 Å². The van der Waals surface area contributed by atoms with Gasteiger partial charge in [-0.1, -0.05) is 17.3 Å². The zero-order valence-corrected chi connectivity index (χ0v) is 32.6. The summed E-state index contributed by atoms with van der Waals surface area (Å²) >= 11 is 8.35. The number of hydrogen-bond acceptors (Lipinski definition) is 14. The number of esters is 2. The summed E-state index contributed by atoms with van der Waals surface area (Å²) in [6, 6.07) is 4.77. The lowest BCUT2D eigenvalue weighted by Crippen LogP contribution is -2.74. The molecule has 2 aromatic rings. The van der Waals surface area contributed by atoms with Gasteiger partial charge < -0.3 is 34.0 Å². The van der Waals surface area contributed by atoms with Crippen LogP contribution in [0.2, 0.25) is 0 Å². The summed E-state index contributed by atoms with van der Waals surface area (Å²) in [5.74, 6) is -2.25. The Morgan fingerprint density at radius 2 is 1.65 bits per heavy atom. The molecule has 3 amide bonds. The minimum absolute atomic E-state index is 0.0298. The number of amides is 3. The van der Waals surface area contributed by atoms with Crippen LogP contribution in [-0.2, 0) is 44.8 Å². The molecule has 3 heterocycles. The third-order valence-corrected chi connectivity index (χ3v) is 9.38. The zero-order chi connectivity index (χ0) is 38.6. The van der Waals surface area contributed by atoms with Gasteiger partial charge in [-0.15, -0.1) is 34.7 Å². The van der Waals surface area contributed by atoms with E-state index in [4.69, 9.17) is 35.4 Å². The molecule has 2 aliphatic rings. The second-order valence-electron chi connectivity index (χ2n) is 14.1. The van der Waals surface area contributed by atoms with Gasteiger partial charge in [0.2, 0.25) is 11.5 Å². The number of nitrogens with one attached hydrogen (secondary N) is 2. The highest BCUT2D eigenvalue weighted by Crippen LogP contribution is 2.41. The molecule has 0 aliphatic carbocycles. The third kappa shape index (κ3) is 10.2. The molecule has 0 saturated carbocycles. The lowest BCUT2D eigenvalue weighted by Gasteiger charge is -2.51. The Morgan fingerprint density at radius 3 is 2.25 bits per heavy atom. The number of anilines is 1. The molecule has 2 N–H and O–H groups in total. The van der Waals surface area contributed by atoms with Crippen LogP contribution < -0.4 is 15.4 Å². The van der Waals surface area contributed by atoms with Gasteiger partial charge in [0.25, 0.3) is 5.91 Å². The number of alkyl halides is 1. The fraction of sp³-hybridized carbons (Fsp3) is 0.500. The number of halogens is 1. The van der Waals surface area contributed by atoms with Crippen molar-refractivity contribution in [2.24, 2.45) is 5.16 Å². The van der Waals surface area contributed by atoms with E-state index in [2.05, 4.69) is 20.8 Å². The minimum Gasteiger partial charge on any atom is -0.497 e. The number of aromatic nitrogens is 1. The van der Waals surface area contributed by atoms with Gasteiger partial charge in [-0.2, -0.15) is 0 Å². The highest BCUT2D eigenvalue weighted by Gasteiger charge is 2.56. The van der Waals surface area contributed by atoms with Gasteiger partial charge in [-0.3, -0.25) is 14.9 Å². The predicted molar refractivity (Wildman–Crippen MR) is 195 cm³/mol. The summed E-state index contributed by atoms with van der Waals surface area (Å²) in [6.45, 7) is 13.0. The van der Waals surface area contributed by atoms with Crippen LogP contribution in [0.4, 0.5) is 9.93 Å². The number of methoxy groups -OCH3 is 1. The molecule has 0 bridgehead atoms. The molecule has 0 spiro atoms. The van der Waals surface area contributed by atoms with E-state index in [9.17, 15) is 24.0 Å². The van der Waals surface area contributed by atoms with Crippen molar-refractivity contribution in [2.45, 2.75) is 96.3 Å². The third-order valence-electron chi connectivity index (χ3n) is 7.10. The molecular formula is C34H42ClN5O10S2. The number of thiazole rings is 1. The van der Waals surface area contributed by atoms with Gasteiger partial charge in [0.1, 0.15) is 40.7 Å². The minimum atomic E-state index is -1.64. The Labute approximate surface area is 314 Å². The highest BCUT2D eigenvalue weighted by atomic mass is 35.5. The topological polar surface area (TPSA) is 184 Å². The molecule has 282 valence electrons. The SMILES string of the molecule is COc1ccc(COC(=O)C2C(CCl)=CS[C@@H]3[C@H](NC(=O)/C(=N\OC(C)(C)C(=O)OC(C)(C)C)c4csc(NC(=O)OC(C)(C)C)n4)C(=O)N23)cc1. The number of β-lactam (4-membered cyclic amide) rings is 1. The van der Waals surface area contributed by atoms with Crippen molar-refractivity contribution in [3.8, 4) is 5.75 Å². The van der Waals surface area contributed by atoms with Crippen LogP contribution in [-0.4, -0.2) is 92.7 Å². The van der Waals surface area contributed by atoms with Crippen LogP contribution in [0.15, 0.2) is 45.8 Å². The maximum atomic E-state index is 13.8. The van der Waals surface area contributed by atoms with E-state index in [0.717, 1.165) is 11.3 Å². The van der Waals surface area contributed by atoms with Crippen molar-refractivity contribution in [3.05, 3.63) is 51.9 Å². The molecule has 1 unspecified atom stereocenters. The van der Waals surface area contributed by atoms with Gasteiger partial charge in [0.05, 0.1) is 7.11 Å². The van der Waals surface area contributed by atoms with E-state index in [1.54, 1.807) is 78.3 Å². The lowest BCUT2D eigenvalue weighted by atomic mass is 9.98. The molecular weight excluding hydrogens is 738 g/mol. The molecule has 18 heteroatoms. The number of carbonyl (C=O) groups is 5. The van der Waals surface area contributed by atoms with Crippen LogP contribution >= 0.6 is 34.7 Å². The molecule has 15 nitrogen and oxygen atoms in total. The second kappa shape index (κ2) is 16.1. The lowest BCUT2D eigenvalue weighted by molar-refractivity contribution is -0.179. The first-order chi connectivity index (χ1) is 24.2. The van der Waals surface area contributed by atoms with E-state index in [0.29, 0.717) is 16.9 Å². The largest absolute Gasteiger partial charge is 0.497 e. The van der Waals surface area contributed by atoms with Crippen molar-refractivity contribution in [1.29, 1.82) is 0 Å². The summed E-state index contributed by atoms with van der Waals surface area (Å²) in [5.41, 5.74) is -2.50. The highest BCUT2D eigenvalue weighted by molar-refractivity contribution is 8.03. The number of oxime groups is 1. The van der Waals surface area contributed by atoms with Gasteiger partial charge >= 0.3 is 18.0 Å². The summed E-state index contributed by atoms with van der Waals surface area (Å²) in [7, 11) is 1.54. The first-order valence-electron chi connectivity index (χ1n) is 16.0. The standard InChI is InChI=1S/C34H42ClN5O10S2/c1-32(2,3)48-29(44)34(7,8)50-39-22(21-17-52-30(36-21)38-31(45)49-33(4,5)6)25(41)37-23-26(42)40-24(19(14-35)16-51-27(23)40)28(43)47-15-18-10-12-20(46-9)13-11-18/h10-13,16-17,23-24,27H,14-15H2,1-9H3,(H,37,41)(H,36,38,45)/b39-22-/t23-,24?,27-/m1/s1. The maximum absolute atomic E-state index is 13.8. The van der Waals surface area contributed by atoms with E-state index < -0.39 is 69.8 Å². The smallest absolute Gasteiger partial charge is 0.413 e. The summed E-state index contributed by atoms with van der Waals surface area (Å²) in [5, 5.41) is 11.7. The van der Waals surface area contributed by atoms with Gasteiger partial charge in [-0.05, 0) is 84.1 Å². The summed E-state index contributed by atoms with van der Waals surface area (Å²) in [4.78, 5) is 77.2. The number of ether oxygens (including phenoxy) is 4. The van der Waals surface area contributed by atoms with E-state index in [-0.39, 0.29) is 23.3 Å². The van der Waals surface area contributed by atoms with Crippen LogP contribution in [0.3, 0.4) is 0 Å². The Hall–Kier alpha value is -4.35. The summed E-state index contributed by atoms with van der Waals surface area (Å²) in [6.07, 6.45) is -0.769. The Morgan fingerprint density at radius 1 is 1.00 bits per heavy atom. The van der Waals surface area contributed by atoms with Crippen LogP contribution in [0.25, 0.3) is 0 Å². The predicted octanol–water partition coefficient (Wildman–Crippen LogP) is 4.97. The van der Waals surface area contributed by atoms with Crippen molar-refractivity contribution in [2.75, 3.05) is 18.3 Å². The molecule has 2 aliphatic heterocycles. The van der Waals surface area contributed by atoms with Crippen molar-refractivity contribution < 1.29 is 47.8 Å². The first kappa shape index (κ1) is 40.4. The Kier molecular flexibility index (Phi) is 12.5. The van der Waals surface area contributed by atoms with Crippen molar-refractivity contribution in [1.82, 2.24) is 15.2 Å². The number of thioether (sulfide) groups is 1. The quantitative estimate of drug-likeness (QED) is 0.0738. The molecule has 1 saturated heterocycles. The number of nitrogens with zero attached hydrogens (tertiary/aromatic N) is 3. The number of fused-ring (bicyclic) bond motifs is 1. The van der Waals surface area contributed by atoms with Gasteiger partial charge in [0, 0.05) is 11.3 Å². The number of carbonyl (C=O) groups excluding carboxylic acids is 5. The monoisotopic (exact) mass is 779 g/mol. The van der Waals surface area contributed by atoms with Gasteiger partial charge in [0.15, 0.2) is 16.9 Å². The zero-order valence-electron chi connectivity index (χ0n) is 30.2. The van der Waals surface area contributed by atoms with E-state index >= 15 is 0 Å². The number of hydrogen-bond donors (Lipinski definition) is 2. The first-order valence-corrected chi connectivity index (χ1v) is 18.4. The molecule has 4 rings (SSSR count). The summed E-state index contributed by atoms with van der Waals surface area (Å²) < 4.78 is 21.4. The van der Waals surface area contributed by atoms with Crippen LogP contribution in [0.1, 0.15) is 66.6 Å². The van der Waals surface area contributed by atoms with E-state index in [1.807, 2.05) is 0 Å². The number of rotatable bonds is 12. The number of benzene rings is 1. The fourth-order valence-electron chi connectivity index (χ4n) is 4.61. The van der Waals surface area contributed by atoms with Crippen LogP contribution in [0.5, 0.6) is 5.75 Å². The average Bonchev–Trinajstić information content (AvgIpc) is 3.51. The molecule has 1 aromatic carbocycles. The van der Waals surface area contributed by atoms with Crippen molar-refractivity contribution >= 4 is 75.4 Å². The molecule has 0 radical (unpaired) electrons. The Balaban J connectivity index is 1.54.